The van der Waals surface area contributed by atoms with Gasteiger partial charge in [0.05, 0.1) is 194 Å². The number of ether oxygens (including phenoxy) is 7. The molecule has 0 aromatic heterocycles. The Labute approximate surface area is 802 Å². The van der Waals surface area contributed by atoms with E-state index < -0.39 is 253 Å². The molecule has 0 aromatic rings. The fraction of sp³-hybridized carbons (Fsp3) is 1.00. The van der Waals surface area contributed by atoms with Crippen LogP contribution in [-0.2, 0) is 33.2 Å². The number of azide groups is 19. The van der Waals surface area contributed by atoms with Gasteiger partial charge in [0.15, 0.2) is 40.5 Å². The Morgan fingerprint density at radius 1 is 0.210 bits per heavy atom. The molecule has 0 radical (unpaired) electrons. The molecule has 7 fully saturated rings. The average molecular weight is 2030 g/mol. The van der Waals surface area contributed by atoms with E-state index in [-0.39, 0.29) is 44.9 Å². The molecule has 0 amide bonds. The van der Waals surface area contributed by atoms with Crippen LogP contribution in [0.25, 0.3) is 198 Å². The first-order valence-electron chi connectivity index (χ1n) is 41.7. The summed E-state index contributed by atoms with van der Waals surface area (Å²) in [5.74, 6) is -11.7. The molecular formula is C63H107N57O23. The lowest BCUT2D eigenvalue weighted by Gasteiger charge is -2.44. The Morgan fingerprint density at radius 2 is 0.378 bits per heavy atom. The molecule has 0 saturated carbocycles. The zero-order valence-electron chi connectivity index (χ0n) is 78.2. The van der Waals surface area contributed by atoms with Gasteiger partial charge < -0.3 is 115 Å². The molecular weight excluding hydrogens is 1920 g/mol. The highest BCUT2D eigenvalue weighted by molar-refractivity contribution is 5.09. The van der Waals surface area contributed by atoms with E-state index >= 15 is 0 Å². The van der Waals surface area contributed by atoms with Crippen molar-refractivity contribution in [2.45, 2.75) is 395 Å². The fourth-order valence-electron chi connectivity index (χ4n) is 15.4. The van der Waals surface area contributed by atoms with Crippen molar-refractivity contribution < 1.29 is 115 Å². The molecule has 7 aliphatic rings. The molecule has 16 N–H and O–H groups in total. The molecule has 7 heterocycles. The van der Waals surface area contributed by atoms with E-state index in [1.807, 2.05) is 0 Å². The minimum absolute atomic E-state index is 0.0796. The van der Waals surface area contributed by atoms with Gasteiger partial charge in [0.25, 0.3) is 0 Å². The van der Waals surface area contributed by atoms with Crippen molar-refractivity contribution in [1.82, 2.24) is 0 Å². The van der Waals surface area contributed by atoms with Gasteiger partial charge in [0, 0.05) is 150 Å². The van der Waals surface area contributed by atoms with Crippen LogP contribution in [0.4, 0.5) is 0 Å². The molecule has 0 aromatic carbocycles. The Hall–Kier alpha value is -14.0. The van der Waals surface area contributed by atoms with Gasteiger partial charge in [-0.15, -0.1) is 0 Å². The van der Waals surface area contributed by atoms with Crippen LogP contribution < -0.4 is 0 Å². The third kappa shape index (κ3) is 40.1. The molecule has 7 rings (SSSR count). The topological polar surface area (TPSA) is 1310 Å². The summed E-state index contributed by atoms with van der Waals surface area (Å²) < 4.78 is 37.3. The highest BCUT2D eigenvalue weighted by Crippen LogP contribution is 2.42. The van der Waals surface area contributed by atoms with Crippen LogP contribution in [0.2, 0.25) is 0 Å². The number of rotatable bonds is 33. The van der Waals surface area contributed by atoms with Crippen molar-refractivity contribution in [2.24, 2.45) is 97.2 Å². The molecule has 0 bridgehead atoms. The van der Waals surface area contributed by atoms with Gasteiger partial charge in [-0.1, -0.05) is 125 Å². The Kier molecular flexibility index (Phi) is 53.5. The highest BCUT2D eigenvalue weighted by Gasteiger charge is 2.55. The summed E-state index contributed by atoms with van der Waals surface area (Å²) in [6.07, 6.45) is -19.9. The van der Waals surface area contributed by atoms with Crippen LogP contribution in [0.1, 0.15) is 142 Å². The maximum atomic E-state index is 10.2. The maximum absolute atomic E-state index is 10.2. The van der Waals surface area contributed by atoms with Crippen molar-refractivity contribution >= 4 is 0 Å². The van der Waals surface area contributed by atoms with E-state index in [4.69, 9.17) is 138 Å². The van der Waals surface area contributed by atoms with E-state index in [1.165, 1.54) is 96.9 Å². The second-order valence-corrected chi connectivity index (χ2v) is 33.6. The van der Waals surface area contributed by atoms with Crippen molar-refractivity contribution in [3.8, 4) is 0 Å². The van der Waals surface area contributed by atoms with Crippen LogP contribution in [0.3, 0.4) is 0 Å². The number of hydrogen-bond acceptors (Lipinski definition) is 42. The second-order valence-electron chi connectivity index (χ2n) is 33.6. The normalized spacial score (nSPS) is 35.4. The summed E-state index contributed by atoms with van der Waals surface area (Å²) in [5.41, 5.74) is 163. The predicted octanol–water partition coefficient (Wildman–Crippen LogP) is 10.7. The van der Waals surface area contributed by atoms with Gasteiger partial charge in [0.2, 0.25) is 0 Å². The molecule has 42 atom stereocenters. The van der Waals surface area contributed by atoms with Crippen LogP contribution in [0, 0.1) is 0 Å². The van der Waals surface area contributed by atoms with E-state index in [1.54, 1.807) is 0 Å². The number of aliphatic hydroxyl groups is 16. The first kappa shape index (κ1) is 127. The zero-order chi connectivity index (χ0) is 109. The minimum atomic E-state index is -1.70. The first-order valence-corrected chi connectivity index (χ1v) is 41.7. The molecule has 7 aliphatic heterocycles. The third-order valence-electron chi connectivity index (χ3n) is 21.5. The minimum Gasteiger partial charge on any atom is -0.393 e. The Bertz CT molecular complexity index is 5090. The lowest BCUT2D eigenvalue weighted by atomic mass is 9.87. The predicted molar refractivity (Wildman–Crippen MR) is 480 cm³/mol. The molecule has 0 aliphatic carbocycles. The van der Waals surface area contributed by atoms with Gasteiger partial charge in [-0.2, -0.15) is 0 Å². The van der Waals surface area contributed by atoms with E-state index in [9.17, 15) is 81.7 Å². The van der Waals surface area contributed by atoms with Gasteiger partial charge in [-0.3, -0.25) is 0 Å². The summed E-state index contributed by atoms with van der Waals surface area (Å²) in [7, 11) is 0. The third-order valence-corrected chi connectivity index (χ3v) is 21.5. The molecule has 143 heavy (non-hydrogen) atoms. The van der Waals surface area contributed by atoms with Crippen molar-refractivity contribution in [2.75, 3.05) is 0 Å². The largest absolute Gasteiger partial charge is 0.393 e. The summed E-state index contributed by atoms with van der Waals surface area (Å²) in [4.78, 5) is 49.9. The van der Waals surface area contributed by atoms with Crippen molar-refractivity contribution in [1.29, 1.82) is 0 Å². The highest BCUT2D eigenvalue weighted by atomic mass is 16.7. The number of hydrogen-bond donors (Lipinski definition) is 16. The molecule has 80 nitrogen and oxygen atoms in total. The van der Waals surface area contributed by atoms with Gasteiger partial charge in [-0.25, -0.2) is 0 Å². The molecule has 80 heteroatoms. The van der Waals surface area contributed by atoms with Crippen LogP contribution in [0.5, 0.6) is 0 Å². The SMILES string of the molecule is CC(N=[N+]=[N-])C(N=[N+]=[N-])C1O[C@@](C)(O)C[C@@H](N=[N+]=[N-])[C@H]1N=[N+]=[N-].CC(N=[N+]=[N-])C(N=[N+]=[N-])C1O[C@@](C)(O)C[C@@H](O)[C@H]1N=[N+]=[N-].CC(N=[N+]=[N-])C(O)C1O[C@@](C)(O)C[C@@H](N=[N+]=[N-])[C@H]1N=[N+]=[N-].CC(N=[N+]=[N-])C(O)C1O[C@@](C)(O)C[C@@H](O)[C@H]1N=[N+]=[N-].CC(O)C(N=[N+]=[N-])C1O[C@@](C)(O)C[C@@H](N=[N+]=[N-])[C@H]1N=[N+]=[N-].CC(O)C(N=[N+]=[N-])C1O[C@@](C)(O)C[C@@H](O)[C@H]1N=[N+]=[N-].CC(O)C(O)C1O[C@@](C)(O)C[C@@H](N=[N+]=[N-])[C@H]1N=[N+]=[N-]. The molecule has 782 valence electrons. The van der Waals surface area contributed by atoms with Crippen LogP contribution >= 0.6 is 0 Å². The fourth-order valence-corrected chi connectivity index (χ4v) is 15.4. The van der Waals surface area contributed by atoms with Gasteiger partial charge >= 0.3 is 0 Å². The lowest BCUT2D eigenvalue weighted by molar-refractivity contribution is -0.283. The Balaban J connectivity index is 0.000000835. The van der Waals surface area contributed by atoms with Crippen molar-refractivity contribution in [3.05, 3.63) is 198 Å². The second kappa shape index (κ2) is 60.3. The Morgan fingerprint density at radius 3 is 0.601 bits per heavy atom. The van der Waals surface area contributed by atoms with Crippen LogP contribution in [0.15, 0.2) is 97.2 Å². The standard InChI is InChI=1S/C9H14N12O2.3C9H15N9O3.3C9H16N6O4/c1-4(14-18-10)6(16-20-12)8-7(17-21-13)5(15-19-11)3-9(2,22)23-8;1-4(13-16-10)7(19)8-6(15-18-12)5(14-17-11)3-9(2,20)21-8;1-4(19)6(14-17-11)8-7(15-18-12)5(13-16-10)3-9(2,20)21-8;1-4(13-16-10)6(14-17-11)8-7(15-18-12)5(19)3-9(2,20)21-8;1-4(16)7(17)8-6(13-15-11)5(12-14-10)3-9(2,18)19-8;1-4(12-14-10)7(17)8-6(13-15-11)5(16)3-9(2,18)19-8;1-4(16)6(12-14-10)8-7(13-15-11)5(17)3-9(2,18)19-8/h4-8,22H,3H2,1-2H3;3*4-8,19-20H,3H2,1-2H3;3*4-8,16-18H,3H2,1-2H3/t4?,5-,6?,7-,8?,9-;4?,5-,6-,7?,8?,9-;2*4?,5-,6?,7-,8?,9-;2*4?,5-,6-,7?,8?,9-;4?,5-,6?,7-,8?,9-/m1111111/s1. The van der Waals surface area contributed by atoms with Gasteiger partial charge in [0.1, 0.15) is 6.10 Å². The average Bonchev–Trinajstić information content (AvgIpc) is 0.769. The monoisotopic (exact) mass is 2030 g/mol. The zero-order valence-corrected chi connectivity index (χ0v) is 78.2. The summed E-state index contributed by atoms with van der Waals surface area (Å²) in [6, 6.07) is -18.7. The van der Waals surface area contributed by atoms with Gasteiger partial charge in [-0.05, 0) is 174 Å². The summed E-state index contributed by atoms with van der Waals surface area (Å²) in [6.45, 7) is 19.2. The lowest BCUT2D eigenvalue weighted by Crippen LogP contribution is -2.58. The maximum Gasteiger partial charge on any atom is 0.165 e. The molecule has 0 spiro atoms. The first-order chi connectivity index (χ1) is 66.9. The summed E-state index contributed by atoms with van der Waals surface area (Å²) in [5, 5.41) is 224. The quantitative estimate of drug-likeness (QED) is 0.0165. The van der Waals surface area contributed by atoms with Crippen molar-refractivity contribution in [3.63, 3.8) is 0 Å². The summed E-state index contributed by atoms with van der Waals surface area (Å²) >= 11 is 0. The van der Waals surface area contributed by atoms with E-state index in [0.29, 0.717) is 0 Å². The molecule has 21 unspecified atom stereocenters. The molecule has 7 saturated heterocycles. The number of aliphatic hydroxyl groups excluding tert-OH is 9. The van der Waals surface area contributed by atoms with E-state index in [2.05, 4.69) is 190 Å². The number of nitrogens with zero attached hydrogens (tertiary/aromatic N) is 57. The smallest absolute Gasteiger partial charge is 0.165 e. The van der Waals surface area contributed by atoms with Crippen LogP contribution in [-0.4, -0.2) is 335 Å². The van der Waals surface area contributed by atoms with E-state index in [0.717, 1.165) is 0 Å².